The summed E-state index contributed by atoms with van der Waals surface area (Å²) in [7, 11) is 0. The molecule has 0 amide bonds. The van der Waals surface area contributed by atoms with Crippen LogP contribution in [0.3, 0.4) is 0 Å². The van der Waals surface area contributed by atoms with Crippen molar-refractivity contribution in [3.63, 3.8) is 0 Å². The fourth-order valence-electron chi connectivity index (χ4n) is 1.85. The van der Waals surface area contributed by atoms with Crippen LogP contribution < -0.4 is 5.73 Å². The van der Waals surface area contributed by atoms with Gasteiger partial charge in [0.25, 0.3) is 0 Å². The van der Waals surface area contributed by atoms with Crippen molar-refractivity contribution in [3.05, 3.63) is 22.0 Å². The summed E-state index contributed by atoms with van der Waals surface area (Å²) in [5.41, 5.74) is 5.43. The number of nitrogens with two attached hydrogens (primary N) is 1. The summed E-state index contributed by atoms with van der Waals surface area (Å²) in [6.07, 6.45) is 1.22. The quantitative estimate of drug-likeness (QED) is 0.432. The molecule has 1 fully saturated rings. The molecule has 1 aliphatic heterocycles. The van der Waals surface area contributed by atoms with Crippen LogP contribution in [-0.4, -0.2) is 54.4 Å². The van der Waals surface area contributed by atoms with E-state index in [2.05, 4.69) is 9.89 Å². The number of aliphatic imine (C=N–C) groups is 1. The molecular weight excluding hydrogens is 236 g/mol. The second-order valence-corrected chi connectivity index (χ2v) is 4.26. The highest BCUT2D eigenvalue weighted by Gasteiger charge is 2.17. The molecule has 1 rings (SSSR count). The summed E-state index contributed by atoms with van der Waals surface area (Å²) >= 11 is 0. The largest absolute Gasteiger partial charge is 0.399 e. The van der Waals surface area contributed by atoms with Crippen molar-refractivity contribution in [1.82, 2.24) is 4.90 Å². The molecule has 0 spiro atoms. The lowest BCUT2D eigenvalue weighted by Crippen LogP contribution is -2.42. The molecule has 7 nitrogen and oxygen atoms in total. The van der Waals surface area contributed by atoms with Gasteiger partial charge in [-0.2, -0.15) is 0 Å². The molecule has 1 unspecified atom stereocenters. The minimum absolute atomic E-state index is 0.134. The molecule has 102 valence electrons. The number of morpholine rings is 1. The highest BCUT2D eigenvalue weighted by atomic mass is 16.6. The second kappa shape index (κ2) is 7.07. The van der Waals surface area contributed by atoms with Gasteiger partial charge in [0, 0.05) is 19.6 Å². The predicted molar refractivity (Wildman–Crippen MR) is 69.1 cm³/mol. The first-order chi connectivity index (χ1) is 8.54. The van der Waals surface area contributed by atoms with Crippen LogP contribution in [0.2, 0.25) is 0 Å². The maximum atomic E-state index is 10.6. The molecule has 0 saturated carbocycles. The van der Waals surface area contributed by atoms with Gasteiger partial charge in [-0.25, -0.2) is 0 Å². The van der Waals surface area contributed by atoms with Crippen LogP contribution in [0.15, 0.2) is 16.9 Å². The van der Waals surface area contributed by atoms with E-state index in [0.717, 1.165) is 32.4 Å². The van der Waals surface area contributed by atoms with Gasteiger partial charge in [0.1, 0.15) is 5.71 Å². The zero-order valence-corrected chi connectivity index (χ0v) is 10.8. The molecule has 1 saturated heterocycles. The Hall–Kier alpha value is -1.47. The molecule has 7 heteroatoms. The normalized spacial score (nSPS) is 23.1. The molecule has 1 aliphatic rings. The van der Waals surface area contributed by atoms with Gasteiger partial charge in [-0.1, -0.05) is 0 Å². The molecule has 18 heavy (non-hydrogen) atoms. The molecular formula is C11H20N4O3. The minimum atomic E-state index is -0.518. The fourth-order valence-corrected chi connectivity index (χ4v) is 1.85. The molecule has 1 atom stereocenters. The molecule has 0 aliphatic carbocycles. The van der Waals surface area contributed by atoms with Crippen LogP contribution in [0.5, 0.6) is 0 Å². The highest BCUT2D eigenvalue weighted by Crippen LogP contribution is 2.04. The summed E-state index contributed by atoms with van der Waals surface area (Å²) in [6, 6.07) is 0. The first kappa shape index (κ1) is 14.6. The third-order valence-electron chi connectivity index (χ3n) is 2.82. The van der Waals surface area contributed by atoms with Crippen LogP contribution in [0.25, 0.3) is 0 Å². The maximum Gasteiger partial charge on any atom is 0.305 e. The van der Waals surface area contributed by atoms with Gasteiger partial charge in [-0.3, -0.25) is 20.0 Å². The van der Waals surface area contributed by atoms with E-state index >= 15 is 0 Å². The van der Waals surface area contributed by atoms with E-state index in [9.17, 15) is 10.1 Å². The van der Waals surface area contributed by atoms with E-state index in [-0.39, 0.29) is 11.8 Å². The number of nitrogens with zero attached hydrogens (tertiary/aromatic N) is 3. The van der Waals surface area contributed by atoms with Crippen LogP contribution in [0, 0.1) is 10.1 Å². The number of rotatable bonds is 5. The monoisotopic (exact) mass is 256 g/mol. The van der Waals surface area contributed by atoms with Crippen molar-refractivity contribution in [2.45, 2.75) is 20.0 Å². The number of hydrogen-bond donors (Lipinski definition) is 1. The van der Waals surface area contributed by atoms with Crippen LogP contribution in [-0.2, 0) is 4.74 Å². The Morgan fingerprint density at radius 1 is 1.72 bits per heavy atom. The molecule has 2 N–H and O–H groups in total. The van der Waals surface area contributed by atoms with Crippen molar-refractivity contribution in [3.8, 4) is 0 Å². The smallest absolute Gasteiger partial charge is 0.305 e. The van der Waals surface area contributed by atoms with Gasteiger partial charge in [-0.05, 0) is 13.8 Å². The number of ether oxygens (including phenoxy) is 1. The van der Waals surface area contributed by atoms with E-state index in [0.29, 0.717) is 12.3 Å². The second-order valence-electron chi connectivity index (χ2n) is 4.26. The van der Waals surface area contributed by atoms with E-state index in [1.165, 1.54) is 0 Å². The third kappa shape index (κ3) is 4.42. The Morgan fingerprint density at radius 3 is 3.00 bits per heavy atom. The van der Waals surface area contributed by atoms with Gasteiger partial charge in [0.2, 0.25) is 0 Å². The average molecular weight is 256 g/mol. The lowest BCUT2D eigenvalue weighted by molar-refractivity contribution is -0.415. The standard InChI is InChI=1S/C11H20N4O3/c1-9-8-14(5-6-18-9)4-3-13-10(2)11(7-12)15(16)17/h7,9H,3-6,8,12H2,1-2H3. The maximum absolute atomic E-state index is 10.6. The van der Waals surface area contributed by atoms with Crippen LogP contribution in [0.4, 0.5) is 0 Å². The Kier molecular flexibility index (Phi) is 5.73. The Labute approximate surface area is 106 Å². The van der Waals surface area contributed by atoms with Crippen molar-refractivity contribution in [2.75, 3.05) is 32.8 Å². The summed E-state index contributed by atoms with van der Waals surface area (Å²) in [5.74, 6) is 0. The molecule has 1 heterocycles. The Morgan fingerprint density at radius 2 is 2.44 bits per heavy atom. The molecule has 0 aromatic rings. The van der Waals surface area contributed by atoms with Crippen molar-refractivity contribution < 1.29 is 9.66 Å². The number of allylic oxidation sites excluding steroid dienone is 1. The Bertz CT molecular complexity index is 354. The lowest BCUT2D eigenvalue weighted by atomic mass is 10.3. The van der Waals surface area contributed by atoms with Crippen LogP contribution >= 0.6 is 0 Å². The van der Waals surface area contributed by atoms with E-state index in [4.69, 9.17) is 10.5 Å². The SMILES string of the molecule is CC(=NCCN1CCOC(C)C1)C(=CN)[N+](=O)[O-]. The predicted octanol–water partition coefficient (Wildman–Crippen LogP) is 0.245. The van der Waals surface area contributed by atoms with Crippen LogP contribution in [0.1, 0.15) is 13.8 Å². The molecule has 0 aromatic carbocycles. The van der Waals surface area contributed by atoms with E-state index in [1.807, 2.05) is 6.92 Å². The highest BCUT2D eigenvalue weighted by molar-refractivity contribution is 5.95. The lowest BCUT2D eigenvalue weighted by Gasteiger charge is -2.30. The van der Waals surface area contributed by atoms with E-state index < -0.39 is 4.92 Å². The van der Waals surface area contributed by atoms with Gasteiger partial charge < -0.3 is 10.5 Å². The zero-order valence-electron chi connectivity index (χ0n) is 10.8. The third-order valence-corrected chi connectivity index (χ3v) is 2.82. The zero-order chi connectivity index (χ0) is 13.5. The summed E-state index contributed by atoms with van der Waals surface area (Å²) < 4.78 is 5.43. The topological polar surface area (TPSA) is 94.0 Å². The first-order valence-corrected chi connectivity index (χ1v) is 5.96. The Balaban J connectivity index is 2.42. The fraction of sp³-hybridized carbons (Fsp3) is 0.727. The number of hydrogen-bond acceptors (Lipinski definition) is 6. The van der Waals surface area contributed by atoms with Crippen molar-refractivity contribution in [2.24, 2.45) is 10.7 Å². The summed E-state index contributed by atoms with van der Waals surface area (Å²) in [4.78, 5) is 16.5. The van der Waals surface area contributed by atoms with E-state index in [1.54, 1.807) is 6.92 Å². The molecule has 0 aromatic heterocycles. The van der Waals surface area contributed by atoms with Gasteiger partial charge in [0.05, 0.1) is 30.4 Å². The van der Waals surface area contributed by atoms with Gasteiger partial charge in [0.15, 0.2) is 0 Å². The van der Waals surface area contributed by atoms with Gasteiger partial charge in [-0.15, -0.1) is 0 Å². The average Bonchev–Trinajstić information content (AvgIpc) is 2.29. The summed E-state index contributed by atoms with van der Waals surface area (Å²) in [6.45, 7) is 7.43. The first-order valence-electron chi connectivity index (χ1n) is 5.96. The van der Waals surface area contributed by atoms with Gasteiger partial charge >= 0.3 is 5.70 Å². The number of nitro groups is 1. The summed E-state index contributed by atoms with van der Waals surface area (Å²) in [5, 5.41) is 10.6. The van der Waals surface area contributed by atoms with Crippen molar-refractivity contribution in [1.29, 1.82) is 0 Å². The molecule has 0 bridgehead atoms. The minimum Gasteiger partial charge on any atom is -0.399 e. The molecule has 0 radical (unpaired) electrons. The van der Waals surface area contributed by atoms with Crippen molar-refractivity contribution >= 4 is 5.71 Å².